The summed E-state index contributed by atoms with van der Waals surface area (Å²) in [5.41, 5.74) is -0.0443. The van der Waals surface area contributed by atoms with Crippen LogP contribution in [0.15, 0.2) is 5.16 Å². The molecule has 2 bridgehead atoms. The maximum Gasteiger partial charge on any atom is 0.227 e. The third-order valence-corrected chi connectivity index (χ3v) is 7.81. The molecule has 3 N–H and O–H groups in total. The van der Waals surface area contributed by atoms with E-state index in [-0.39, 0.29) is 33.9 Å². The van der Waals surface area contributed by atoms with Crippen LogP contribution in [0.2, 0.25) is 0 Å². The van der Waals surface area contributed by atoms with Crippen molar-refractivity contribution in [3.05, 3.63) is 0 Å². The fourth-order valence-corrected chi connectivity index (χ4v) is 6.28. The van der Waals surface area contributed by atoms with Gasteiger partial charge in [0.25, 0.3) is 0 Å². The number of piperidine rings is 1. The minimum absolute atomic E-state index is 0.00443. The lowest BCUT2D eigenvalue weighted by Crippen LogP contribution is -2.63. The van der Waals surface area contributed by atoms with Gasteiger partial charge in [0, 0.05) is 29.0 Å². The van der Waals surface area contributed by atoms with Crippen molar-refractivity contribution in [2.24, 2.45) is 21.4 Å². The SMILES string of the molecule is CC1(C)CC(NC(=O)[C@@]23CC[C@@](C)(/C(=N\O)C2)C3(C)C)CC(C)(C)N1. The van der Waals surface area contributed by atoms with E-state index in [2.05, 4.69) is 64.3 Å². The van der Waals surface area contributed by atoms with Crippen molar-refractivity contribution in [3.8, 4) is 0 Å². The molecule has 0 unspecified atom stereocenters. The van der Waals surface area contributed by atoms with Crippen molar-refractivity contribution in [3.63, 3.8) is 0 Å². The largest absolute Gasteiger partial charge is 0.411 e. The van der Waals surface area contributed by atoms with E-state index in [1.807, 2.05) is 0 Å². The number of rotatable bonds is 2. The Morgan fingerprint density at radius 1 is 1.08 bits per heavy atom. The Morgan fingerprint density at radius 3 is 2.12 bits per heavy atom. The maximum absolute atomic E-state index is 13.5. The highest BCUT2D eigenvalue weighted by Gasteiger charge is 2.71. The highest BCUT2D eigenvalue weighted by molar-refractivity contribution is 6.02. The quantitative estimate of drug-likeness (QED) is 0.528. The third kappa shape index (κ3) is 2.53. The molecular formula is C20H35N3O2. The molecule has 142 valence electrons. The van der Waals surface area contributed by atoms with Crippen LogP contribution in [0, 0.1) is 16.2 Å². The molecule has 2 atom stereocenters. The first-order valence-electron chi connectivity index (χ1n) is 9.60. The van der Waals surface area contributed by atoms with Gasteiger partial charge in [0.2, 0.25) is 5.91 Å². The van der Waals surface area contributed by atoms with Crippen LogP contribution >= 0.6 is 0 Å². The summed E-state index contributed by atoms with van der Waals surface area (Å²) in [4.78, 5) is 13.5. The van der Waals surface area contributed by atoms with Gasteiger partial charge in [-0.1, -0.05) is 25.9 Å². The summed E-state index contributed by atoms with van der Waals surface area (Å²) in [6, 6.07) is 0.172. The molecule has 3 fully saturated rings. The third-order valence-electron chi connectivity index (χ3n) is 7.81. The first kappa shape index (κ1) is 18.7. The Hall–Kier alpha value is -1.10. The van der Waals surface area contributed by atoms with Crippen molar-refractivity contribution < 1.29 is 10.0 Å². The lowest BCUT2D eigenvalue weighted by Gasteiger charge is -2.48. The number of hydrogen-bond acceptors (Lipinski definition) is 4. The number of nitrogens with zero attached hydrogens (tertiary/aromatic N) is 1. The van der Waals surface area contributed by atoms with Gasteiger partial charge in [-0.25, -0.2) is 0 Å². The van der Waals surface area contributed by atoms with Crippen LogP contribution in [0.4, 0.5) is 0 Å². The zero-order chi connectivity index (χ0) is 18.9. The molecule has 5 heteroatoms. The molecule has 0 spiro atoms. The molecular weight excluding hydrogens is 314 g/mol. The number of fused-ring (bicyclic) bond motifs is 2. The summed E-state index contributed by atoms with van der Waals surface area (Å²) in [5, 5.41) is 20.1. The van der Waals surface area contributed by atoms with E-state index in [0.29, 0.717) is 6.42 Å². The number of carbonyl (C=O) groups is 1. The molecule has 1 amide bonds. The van der Waals surface area contributed by atoms with Crippen LogP contribution < -0.4 is 10.6 Å². The summed E-state index contributed by atoms with van der Waals surface area (Å²) in [5.74, 6) is 0.151. The molecule has 0 aromatic heterocycles. The molecule has 1 heterocycles. The van der Waals surface area contributed by atoms with Gasteiger partial charge in [-0.3, -0.25) is 4.79 Å². The van der Waals surface area contributed by atoms with Gasteiger partial charge in [-0.2, -0.15) is 0 Å². The van der Waals surface area contributed by atoms with Crippen molar-refractivity contribution >= 4 is 11.6 Å². The van der Waals surface area contributed by atoms with E-state index in [1.54, 1.807) is 0 Å². The molecule has 2 aliphatic carbocycles. The predicted molar refractivity (Wildman–Crippen MR) is 99.9 cm³/mol. The molecule has 0 aromatic rings. The second-order valence-corrected chi connectivity index (χ2v) is 10.7. The highest BCUT2D eigenvalue weighted by Crippen LogP contribution is 2.71. The zero-order valence-electron chi connectivity index (χ0n) is 16.9. The number of carbonyl (C=O) groups excluding carboxylic acids is 1. The Kier molecular flexibility index (Phi) is 3.90. The average molecular weight is 350 g/mol. The van der Waals surface area contributed by atoms with Crippen molar-refractivity contribution in [1.82, 2.24) is 10.6 Å². The zero-order valence-corrected chi connectivity index (χ0v) is 16.9. The lowest BCUT2D eigenvalue weighted by atomic mass is 9.64. The second-order valence-electron chi connectivity index (χ2n) is 10.7. The molecule has 25 heavy (non-hydrogen) atoms. The summed E-state index contributed by atoms with van der Waals surface area (Å²) in [6.07, 6.45) is 4.22. The Labute approximate surface area is 152 Å². The molecule has 3 aliphatic rings. The minimum atomic E-state index is -0.456. The van der Waals surface area contributed by atoms with E-state index >= 15 is 0 Å². The molecule has 3 rings (SSSR count). The summed E-state index contributed by atoms with van der Waals surface area (Å²) in [7, 11) is 0. The topological polar surface area (TPSA) is 73.7 Å². The van der Waals surface area contributed by atoms with E-state index < -0.39 is 5.41 Å². The van der Waals surface area contributed by atoms with Gasteiger partial charge < -0.3 is 15.8 Å². The maximum atomic E-state index is 13.5. The van der Waals surface area contributed by atoms with Gasteiger partial charge in [0.05, 0.1) is 11.1 Å². The van der Waals surface area contributed by atoms with Gasteiger partial charge in [-0.15, -0.1) is 0 Å². The normalized spacial score (nSPS) is 40.4. The van der Waals surface area contributed by atoms with E-state index in [4.69, 9.17) is 0 Å². The highest BCUT2D eigenvalue weighted by atomic mass is 16.4. The molecule has 1 aliphatic heterocycles. The van der Waals surface area contributed by atoms with Gasteiger partial charge in [-0.05, 0) is 58.8 Å². The van der Waals surface area contributed by atoms with Crippen LogP contribution in [-0.2, 0) is 4.79 Å². The number of hydrogen-bond donors (Lipinski definition) is 3. The van der Waals surface area contributed by atoms with Gasteiger partial charge >= 0.3 is 0 Å². The second kappa shape index (κ2) is 5.21. The predicted octanol–water partition coefficient (Wildman–Crippen LogP) is 3.46. The van der Waals surface area contributed by atoms with Crippen LogP contribution in [0.5, 0.6) is 0 Å². The summed E-state index contributed by atoms with van der Waals surface area (Å²) >= 11 is 0. The average Bonchev–Trinajstić information content (AvgIpc) is 2.73. The Morgan fingerprint density at radius 2 is 1.64 bits per heavy atom. The molecule has 1 saturated heterocycles. The van der Waals surface area contributed by atoms with Crippen LogP contribution in [0.3, 0.4) is 0 Å². The van der Waals surface area contributed by atoms with Crippen molar-refractivity contribution in [2.75, 3.05) is 0 Å². The summed E-state index contributed by atoms with van der Waals surface area (Å²) < 4.78 is 0. The van der Waals surface area contributed by atoms with E-state index in [0.717, 1.165) is 31.4 Å². The van der Waals surface area contributed by atoms with Crippen molar-refractivity contribution in [1.29, 1.82) is 0 Å². The molecule has 5 nitrogen and oxygen atoms in total. The van der Waals surface area contributed by atoms with Crippen molar-refractivity contribution in [2.45, 2.75) is 97.7 Å². The van der Waals surface area contributed by atoms with Crippen LogP contribution in [0.1, 0.15) is 80.6 Å². The number of nitrogens with one attached hydrogen (secondary N) is 2. The first-order chi connectivity index (χ1) is 11.3. The molecule has 0 aromatic carbocycles. The molecule has 2 saturated carbocycles. The fourth-order valence-electron chi connectivity index (χ4n) is 6.28. The van der Waals surface area contributed by atoms with Gasteiger partial charge in [0.1, 0.15) is 0 Å². The monoisotopic (exact) mass is 349 g/mol. The van der Waals surface area contributed by atoms with E-state index in [9.17, 15) is 10.0 Å². The number of oxime groups is 1. The first-order valence-corrected chi connectivity index (χ1v) is 9.60. The van der Waals surface area contributed by atoms with Crippen LogP contribution in [-0.4, -0.2) is 33.9 Å². The Bertz CT molecular complexity index is 606. The molecule has 0 radical (unpaired) electrons. The number of amides is 1. The van der Waals surface area contributed by atoms with Crippen LogP contribution in [0.25, 0.3) is 0 Å². The smallest absolute Gasteiger partial charge is 0.227 e. The minimum Gasteiger partial charge on any atom is -0.411 e. The fraction of sp³-hybridized carbons (Fsp3) is 0.900. The lowest BCUT2D eigenvalue weighted by molar-refractivity contribution is -0.137. The van der Waals surface area contributed by atoms with Gasteiger partial charge in [0.15, 0.2) is 0 Å². The standard InChI is InChI=1S/C20H35N3O2/c1-16(2)10-13(11-17(3,4)23-16)21-15(24)20-9-8-19(7,18(20,5)6)14(12-20)22-25/h13,23,25H,8-12H2,1-7H3,(H,21,24)/b22-14-/t19-,20+/m0/s1. The van der Waals surface area contributed by atoms with E-state index in [1.165, 1.54) is 0 Å². The summed E-state index contributed by atoms with van der Waals surface area (Å²) in [6.45, 7) is 15.3. The Balaban J connectivity index is 1.85.